The molecule has 0 aliphatic heterocycles. The maximum Gasteiger partial charge on any atom is 0.258 e. The van der Waals surface area contributed by atoms with Crippen molar-refractivity contribution >= 4 is 38.5 Å². The van der Waals surface area contributed by atoms with Gasteiger partial charge in [-0.1, -0.05) is 41.7 Å². The molecule has 7 heteroatoms. The van der Waals surface area contributed by atoms with Crippen LogP contribution in [-0.4, -0.2) is 29.4 Å². The fraction of sp³-hybridized carbons (Fsp3) is 0.167. The fourth-order valence-corrected chi connectivity index (χ4v) is 3.02. The quantitative estimate of drug-likeness (QED) is 0.712. The highest BCUT2D eigenvalue weighted by Gasteiger charge is 2.17. The largest absolute Gasteiger partial charge is 0.484 e. The van der Waals surface area contributed by atoms with Crippen molar-refractivity contribution in [1.82, 2.24) is 10.3 Å². The van der Waals surface area contributed by atoms with Crippen LogP contribution in [0.3, 0.4) is 0 Å². The minimum atomic E-state index is -0.695. The first kappa shape index (κ1) is 16.9. The summed E-state index contributed by atoms with van der Waals surface area (Å²) in [5, 5.41) is 5.84. The first-order valence-corrected chi connectivity index (χ1v) is 8.57. The maximum absolute atomic E-state index is 12.2. The summed E-state index contributed by atoms with van der Waals surface area (Å²) in [6.45, 7) is 1.46. The highest BCUT2D eigenvalue weighted by atomic mass is 32.1. The molecule has 3 aromatic rings. The summed E-state index contributed by atoms with van der Waals surface area (Å²) in [5.41, 5.74) is 0.829. The number of para-hydroxylation sites is 2. The number of hydrogen-bond donors (Lipinski definition) is 2. The van der Waals surface area contributed by atoms with Gasteiger partial charge in [0.15, 0.2) is 11.7 Å². The highest BCUT2D eigenvalue weighted by molar-refractivity contribution is 7.22. The van der Waals surface area contributed by atoms with Gasteiger partial charge in [-0.2, -0.15) is 0 Å². The molecule has 2 amide bonds. The predicted molar refractivity (Wildman–Crippen MR) is 97.8 cm³/mol. The van der Waals surface area contributed by atoms with Gasteiger partial charge in [0.05, 0.1) is 10.2 Å². The van der Waals surface area contributed by atoms with Crippen LogP contribution in [0.25, 0.3) is 10.2 Å². The van der Waals surface area contributed by atoms with Gasteiger partial charge in [-0.25, -0.2) is 4.98 Å². The van der Waals surface area contributed by atoms with Gasteiger partial charge in [0.25, 0.3) is 5.91 Å². The second-order valence-corrected chi connectivity index (χ2v) is 6.40. The maximum atomic E-state index is 12.2. The molecule has 0 bridgehead atoms. The first-order chi connectivity index (χ1) is 12.1. The van der Waals surface area contributed by atoms with Gasteiger partial charge in [0.1, 0.15) is 11.8 Å². The van der Waals surface area contributed by atoms with E-state index in [0.717, 1.165) is 10.2 Å². The average molecular weight is 355 g/mol. The van der Waals surface area contributed by atoms with Crippen molar-refractivity contribution in [3.63, 3.8) is 0 Å². The van der Waals surface area contributed by atoms with Crippen molar-refractivity contribution in [1.29, 1.82) is 0 Å². The number of rotatable bonds is 6. The van der Waals surface area contributed by atoms with Gasteiger partial charge >= 0.3 is 0 Å². The molecule has 1 aromatic heterocycles. The number of aromatic nitrogens is 1. The molecule has 25 heavy (non-hydrogen) atoms. The average Bonchev–Trinajstić information content (AvgIpc) is 3.03. The van der Waals surface area contributed by atoms with Crippen LogP contribution in [0, 0.1) is 0 Å². The molecule has 2 aromatic carbocycles. The van der Waals surface area contributed by atoms with Crippen molar-refractivity contribution in [2.24, 2.45) is 0 Å². The van der Waals surface area contributed by atoms with E-state index in [9.17, 15) is 9.59 Å². The Morgan fingerprint density at radius 2 is 1.84 bits per heavy atom. The molecule has 0 radical (unpaired) electrons. The molecule has 0 fully saturated rings. The first-order valence-electron chi connectivity index (χ1n) is 7.75. The van der Waals surface area contributed by atoms with Gasteiger partial charge < -0.3 is 15.4 Å². The second-order valence-electron chi connectivity index (χ2n) is 5.37. The summed E-state index contributed by atoms with van der Waals surface area (Å²) in [6.07, 6.45) is 0. The Hall–Kier alpha value is -2.93. The Morgan fingerprint density at radius 1 is 1.12 bits per heavy atom. The summed E-state index contributed by atoms with van der Waals surface area (Å²) in [6, 6.07) is 16.0. The number of anilines is 1. The number of nitrogens with zero attached hydrogens (tertiary/aromatic N) is 1. The number of fused-ring (bicyclic) bond motifs is 1. The lowest BCUT2D eigenvalue weighted by molar-refractivity contribution is -0.127. The molecule has 2 N–H and O–H groups in total. The van der Waals surface area contributed by atoms with E-state index in [1.54, 1.807) is 19.1 Å². The van der Waals surface area contributed by atoms with E-state index in [2.05, 4.69) is 15.6 Å². The van der Waals surface area contributed by atoms with Crippen LogP contribution < -0.4 is 15.4 Å². The normalized spacial score (nSPS) is 11.7. The molecule has 0 aliphatic rings. The Kier molecular flexibility index (Phi) is 5.25. The number of amides is 2. The van der Waals surface area contributed by atoms with E-state index in [0.29, 0.717) is 10.9 Å². The lowest BCUT2D eigenvalue weighted by Crippen LogP contribution is -2.43. The summed E-state index contributed by atoms with van der Waals surface area (Å²) in [7, 11) is 0. The molecule has 0 saturated carbocycles. The molecule has 6 nitrogen and oxygen atoms in total. The van der Waals surface area contributed by atoms with Crippen molar-refractivity contribution < 1.29 is 14.3 Å². The third-order valence-corrected chi connectivity index (χ3v) is 4.36. The van der Waals surface area contributed by atoms with Crippen LogP contribution in [0.2, 0.25) is 0 Å². The molecule has 0 spiro atoms. The number of benzene rings is 2. The van der Waals surface area contributed by atoms with Gasteiger partial charge in [-0.05, 0) is 31.2 Å². The summed E-state index contributed by atoms with van der Waals surface area (Å²) < 4.78 is 6.34. The van der Waals surface area contributed by atoms with Gasteiger partial charge in [-0.3, -0.25) is 9.59 Å². The zero-order valence-corrected chi connectivity index (χ0v) is 14.4. The molecule has 1 heterocycles. The van der Waals surface area contributed by atoms with Crippen LogP contribution in [-0.2, 0) is 9.59 Å². The van der Waals surface area contributed by atoms with E-state index in [-0.39, 0.29) is 18.4 Å². The van der Waals surface area contributed by atoms with E-state index < -0.39 is 6.04 Å². The number of hydrogen-bond acceptors (Lipinski definition) is 5. The Labute approximate surface area is 148 Å². The number of ether oxygens (including phenoxy) is 1. The highest BCUT2D eigenvalue weighted by Crippen LogP contribution is 2.25. The van der Waals surface area contributed by atoms with E-state index in [1.807, 2.05) is 42.5 Å². The number of nitrogens with one attached hydrogen (secondary N) is 2. The monoisotopic (exact) mass is 355 g/mol. The SMILES string of the molecule is C[C@H](NC(=O)COc1ccccc1)C(=O)Nc1nc2ccccc2s1. The molecule has 0 unspecified atom stereocenters. The van der Waals surface area contributed by atoms with Crippen molar-refractivity contribution in [2.45, 2.75) is 13.0 Å². The van der Waals surface area contributed by atoms with Crippen molar-refractivity contribution in [3.8, 4) is 5.75 Å². The molecule has 0 saturated heterocycles. The number of thiazole rings is 1. The predicted octanol–water partition coefficient (Wildman–Crippen LogP) is 2.82. The second kappa shape index (κ2) is 7.76. The zero-order chi connectivity index (χ0) is 17.6. The van der Waals surface area contributed by atoms with Gasteiger partial charge in [0.2, 0.25) is 5.91 Å². The van der Waals surface area contributed by atoms with Crippen LogP contribution in [0.1, 0.15) is 6.92 Å². The Morgan fingerprint density at radius 3 is 2.60 bits per heavy atom. The van der Waals surface area contributed by atoms with Gasteiger partial charge in [-0.15, -0.1) is 0 Å². The van der Waals surface area contributed by atoms with Gasteiger partial charge in [0, 0.05) is 0 Å². The molecule has 3 rings (SSSR count). The molecule has 1 atom stereocenters. The molecular formula is C18H17N3O3S. The summed E-state index contributed by atoms with van der Waals surface area (Å²) in [5.74, 6) is -0.0906. The summed E-state index contributed by atoms with van der Waals surface area (Å²) >= 11 is 1.39. The van der Waals surface area contributed by atoms with Crippen molar-refractivity contribution in [2.75, 3.05) is 11.9 Å². The lowest BCUT2D eigenvalue weighted by Gasteiger charge is -2.13. The Balaban J connectivity index is 1.50. The van der Waals surface area contributed by atoms with Crippen LogP contribution in [0.4, 0.5) is 5.13 Å². The third kappa shape index (κ3) is 4.54. The van der Waals surface area contributed by atoms with E-state index >= 15 is 0 Å². The lowest BCUT2D eigenvalue weighted by atomic mass is 10.3. The third-order valence-electron chi connectivity index (χ3n) is 3.41. The zero-order valence-electron chi connectivity index (χ0n) is 13.6. The van der Waals surface area contributed by atoms with Crippen LogP contribution in [0.15, 0.2) is 54.6 Å². The molecule has 128 valence electrons. The smallest absolute Gasteiger partial charge is 0.258 e. The van der Waals surface area contributed by atoms with Crippen LogP contribution >= 0.6 is 11.3 Å². The fourth-order valence-electron chi connectivity index (χ4n) is 2.15. The van der Waals surface area contributed by atoms with E-state index in [1.165, 1.54) is 11.3 Å². The minimum absolute atomic E-state index is 0.150. The number of carbonyl (C=O) groups is 2. The van der Waals surface area contributed by atoms with E-state index in [4.69, 9.17) is 4.74 Å². The van der Waals surface area contributed by atoms with Crippen molar-refractivity contribution in [3.05, 3.63) is 54.6 Å². The topological polar surface area (TPSA) is 80.3 Å². The summed E-state index contributed by atoms with van der Waals surface area (Å²) in [4.78, 5) is 28.4. The molecular weight excluding hydrogens is 338 g/mol. The standard InChI is InChI=1S/C18H17N3O3S/c1-12(19-16(22)11-24-13-7-3-2-4-8-13)17(23)21-18-20-14-9-5-6-10-15(14)25-18/h2-10,12H,11H2,1H3,(H,19,22)(H,20,21,23)/t12-/m0/s1. The molecule has 0 aliphatic carbocycles. The number of carbonyl (C=O) groups excluding carboxylic acids is 2. The minimum Gasteiger partial charge on any atom is -0.484 e. The Bertz CT molecular complexity index is 846. The van der Waals surface area contributed by atoms with Crippen LogP contribution in [0.5, 0.6) is 5.75 Å².